The Bertz CT molecular complexity index is 834. The number of aliphatic carboxylic acids is 1. The van der Waals surface area contributed by atoms with E-state index in [4.69, 9.17) is 5.11 Å². The summed E-state index contributed by atoms with van der Waals surface area (Å²) < 4.78 is 0. The Morgan fingerprint density at radius 2 is 1.83 bits per heavy atom. The lowest BCUT2D eigenvalue weighted by molar-refractivity contribution is -0.139. The summed E-state index contributed by atoms with van der Waals surface area (Å²) in [5.74, 6) is -1.19. The van der Waals surface area contributed by atoms with E-state index in [-0.39, 0.29) is 24.2 Å². The van der Waals surface area contributed by atoms with Gasteiger partial charge in [0.05, 0.1) is 5.56 Å². The number of hydrogen-bond acceptors (Lipinski definition) is 4. The van der Waals surface area contributed by atoms with Gasteiger partial charge in [-0.15, -0.1) is 0 Å². The number of carboxylic acid groups (broad SMARTS) is 1. The van der Waals surface area contributed by atoms with Crippen molar-refractivity contribution in [1.82, 2.24) is 15.2 Å². The standard InChI is InChI=1S/C22H25N3O4/c26-20(27)14-17-8-11-25(12-9-17)22(29)19(13-16-5-2-1-3-6-16)24-21(28)18-7-4-10-23-15-18/h1-7,10,15,17,19H,8-9,11-14H2,(H,24,28)(H,26,27). The van der Waals surface area contributed by atoms with Crippen LogP contribution >= 0.6 is 0 Å². The number of amides is 2. The quantitative estimate of drug-likeness (QED) is 0.748. The molecule has 1 aromatic heterocycles. The van der Waals surface area contributed by atoms with Crippen LogP contribution in [0.3, 0.4) is 0 Å². The zero-order chi connectivity index (χ0) is 20.6. The molecule has 1 unspecified atom stereocenters. The number of carbonyl (C=O) groups is 3. The minimum absolute atomic E-state index is 0.0918. The fourth-order valence-corrected chi connectivity index (χ4v) is 3.61. The first-order valence-corrected chi connectivity index (χ1v) is 9.78. The van der Waals surface area contributed by atoms with Gasteiger partial charge in [-0.25, -0.2) is 0 Å². The smallest absolute Gasteiger partial charge is 0.303 e. The predicted octanol–water partition coefficient (Wildman–Crippen LogP) is 2.14. The first-order valence-electron chi connectivity index (χ1n) is 9.78. The monoisotopic (exact) mass is 395 g/mol. The summed E-state index contributed by atoms with van der Waals surface area (Å²) in [6.45, 7) is 1.01. The topological polar surface area (TPSA) is 99.6 Å². The molecule has 1 aromatic carbocycles. The van der Waals surface area contributed by atoms with Gasteiger partial charge in [-0.05, 0) is 36.5 Å². The van der Waals surface area contributed by atoms with Crippen molar-refractivity contribution in [3.8, 4) is 0 Å². The normalized spacial score (nSPS) is 15.5. The van der Waals surface area contributed by atoms with E-state index in [1.54, 1.807) is 23.2 Å². The second-order valence-electron chi connectivity index (χ2n) is 7.32. The Balaban J connectivity index is 1.69. The summed E-state index contributed by atoms with van der Waals surface area (Å²) in [6, 6.07) is 12.2. The fraction of sp³-hybridized carbons (Fsp3) is 0.364. The number of nitrogens with zero attached hydrogens (tertiary/aromatic N) is 2. The summed E-state index contributed by atoms with van der Waals surface area (Å²) in [5.41, 5.74) is 1.36. The van der Waals surface area contributed by atoms with E-state index in [9.17, 15) is 14.4 Å². The first-order chi connectivity index (χ1) is 14.0. The maximum atomic E-state index is 13.2. The zero-order valence-corrected chi connectivity index (χ0v) is 16.2. The van der Waals surface area contributed by atoms with Crippen molar-refractivity contribution in [2.45, 2.75) is 31.7 Å². The highest BCUT2D eigenvalue weighted by Gasteiger charge is 2.30. The number of carbonyl (C=O) groups excluding carboxylic acids is 2. The SMILES string of the molecule is O=C(O)CC1CCN(C(=O)C(Cc2ccccc2)NC(=O)c2cccnc2)CC1. The lowest BCUT2D eigenvalue weighted by atomic mass is 9.93. The number of hydrogen-bond donors (Lipinski definition) is 2. The Hall–Kier alpha value is -3.22. The van der Waals surface area contributed by atoms with Gasteiger partial charge in [-0.3, -0.25) is 19.4 Å². The van der Waals surface area contributed by atoms with E-state index in [1.807, 2.05) is 30.3 Å². The van der Waals surface area contributed by atoms with Gasteiger partial charge in [0.15, 0.2) is 0 Å². The number of likely N-dealkylation sites (tertiary alicyclic amines) is 1. The van der Waals surface area contributed by atoms with E-state index in [0.717, 1.165) is 5.56 Å². The van der Waals surface area contributed by atoms with Gasteiger partial charge in [-0.2, -0.15) is 0 Å². The fourth-order valence-electron chi connectivity index (χ4n) is 3.61. The van der Waals surface area contributed by atoms with Crippen LogP contribution in [0.5, 0.6) is 0 Å². The third kappa shape index (κ3) is 5.88. The molecule has 2 N–H and O–H groups in total. The van der Waals surface area contributed by atoms with Gasteiger partial charge in [0, 0.05) is 38.3 Å². The highest BCUT2D eigenvalue weighted by molar-refractivity contribution is 5.97. The van der Waals surface area contributed by atoms with Crippen LogP contribution in [-0.2, 0) is 16.0 Å². The average molecular weight is 395 g/mol. The van der Waals surface area contributed by atoms with Crippen LogP contribution in [-0.4, -0.2) is 51.9 Å². The largest absolute Gasteiger partial charge is 0.481 e. The second-order valence-corrected chi connectivity index (χ2v) is 7.32. The van der Waals surface area contributed by atoms with E-state index < -0.39 is 12.0 Å². The molecular weight excluding hydrogens is 370 g/mol. The number of pyridine rings is 1. The van der Waals surface area contributed by atoms with Crippen LogP contribution in [0.2, 0.25) is 0 Å². The summed E-state index contributed by atoms with van der Waals surface area (Å²) in [6.07, 6.45) is 4.90. The molecule has 2 amide bonds. The third-order valence-corrected chi connectivity index (χ3v) is 5.20. The number of piperidine rings is 1. The van der Waals surface area contributed by atoms with Gasteiger partial charge < -0.3 is 15.3 Å². The van der Waals surface area contributed by atoms with Crippen molar-refractivity contribution in [2.24, 2.45) is 5.92 Å². The van der Waals surface area contributed by atoms with Crippen molar-refractivity contribution >= 4 is 17.8 Å². The summed E-state index contributed by atoms with van der Waals surface area (Å²) in [4.78, 5) is 42.4. The van der Waals surface area contributed by atoms with Crippen LogP contribution in [0.25, 0.3) is 0 Å². The Morgan fingerprint density at radius 3 is 2.45 bits per heavy atom. The van der Waals surface area contributed by atoms with Crippen molar-refractivity contribution in [1.29, 1.82) is 0 Å². The van der Waals surface area contributed by atoms with Crippen LogP contribution < -0.4 is 5.32 Å². The molecule has 2 heterocycles. The summed E-state index contributed by atoms with van der Waals surface area (Å²) >= 11 is 0. The molecule has 1 aliphatic rings. The van der Waals surface area contributed by atoms with Crippen LogP contribution in [0.4, 0.5) is 0 Å². The molecule has 0 spiro atoms. The molecule has 3 rings (SSSR count). The predicted molar refractivity (Wildman–Crippen MR) is 107 cm³/mol. The van der Waals surface area contributed by atoms with E-state index >= 15 is 0 Å². The Morgan fingerprint density at radius 1 is 1.10 bits per heavy atom. The molecule has 152 valence electrons. The van der Waals surface area contributed by atoms with Crippen molar-refractivity contribution in [3.05, 3.63) is 66.0 Å². The number of carboxylic acids is 1. The highest BCUT2D eigenvalue weighted by Crippen LogP contribution is 2.21. The van der Waals surface area contributed by atoms with E-state index in [0.29, 0.717) is 37.9 Å². The molecular formula is C22H25N3O4. The lowest BCUT2D eigenvalue weighted by Gasteiger charge is -2.34. The molecule has 29 heavy (non-hydrogen) atoms. The third-order valence-electron chi connectivity index (χ3n) is 5.20. The number of benzene rings is 1. The van der Waals surface area contributed by atoms with Crippen LogP contribution in [0, 0.1) is 5.92 Å². The van der Waals surface area contributed by atoms with Gasteiger partial charge in [0.1, 0.15) is 6.04 Å². The van der Waals surface area contributed by atoms with Gasteiger partial charge in [0.25, 0.3) is 5.91 Å². The molecule has 1 atom stereocenters. The second kappa shape index (κ2) is 9.82. The van der Waals surface area contributed by atoms with Crippen molar-refractivity contribution < 1.29 is 19.5 Å². The molecule has 2 aromatic rings. The number of aromatic nitrogens is 1. The van der Waals surface area contributed by atoms with Crippen molar-refractivity contribution in [2.75, 3.05) is 13.1 Å². The highest BCUT2D eigenvalue weighted by atomic mass is 16.4. The molecule has 0 saturated carbocycles. The lowest BCUT2D eigenvalue weighted by Crippen LogP contribution is -2.51. The average Bonchev–Trinajstić information content (AvgIpc) is 2.74. The number of rotatable bonds is 7. The Labute approximate surface area is 169 Å². The van der Waals surface area contributed by atoms with Crippen LogP contribution in [0.1, 0.15) is 35.2 Å². The Kier molecular flexibility index (Phi) is 6.94. The molecule has 1 aliphatic heterocycles. The number of nitrogens with one attached hydrogen (secondary N) is 1. The molecule has 0 bridgehead atoms. The summed E-state index contributed by atoms with van der Waals surface area (Å²) in [5, 5.41) is 11.8. The molecule has 1 saturated heterocycles. The maximum absolute atomic E-state index is 13.2. The summed E-state index contributed by atoms with van der Waals surface area (Å²) in [7, 11) is 0. The van der Waals surface area contributed by atoms with Gasteiger partial charge >= 0.3 is 5.97 Å². The molecule has 0 radical (unpaired) electrons. The molecule has 7 heteroatoms. The molecule has 1 fully saturated rings. The molecule has 7 nitrogen and oxygen atoms in total. The van der Waals surface area contributed by atoms with E-state index in [1.165, 1.54) is 6.20 Å². The van der Waals surface area contributed by atoms with Crippen LogP contribution in [0.15, 0.2) is 54.9 Å². The first kappa shape index (κ1) is 20.5. The van der Waals surface area contributed by atoms with Gasteiger partial charge in [-0.1, -0.05) is 30.3 Å². The maximum Gasteiger partial charge on any atom is 0.303 e. The van der Waals surface area contributed by atoms with Crippen molar-refractivity contribution in [3.63, 3.8) is 0 Å². The molecule has 0 aliphatic carbocycles. The zero-order valence-electron chi connectivity index (χ0n) is 16.2. The van der Waals surface area contributed by atoms with Gasteiger partial charge in [0.2, 0.25) is 5.91 Å². The van der Waals surface area contributed by atoms with E-state index in [2.05, 4.69) is 10.3 Å². The minimum Gasteiger partial charge on any atom is -0.481 e. The minimum atomic E-state index is -0.805.